The summed E-state index contributed by atoms with van der Waals surface area (Å²) in [5, 5.41) is 25.3. The molecule has 0 radical (unpaired) electrons. The Balaban J connectivity index is 1.87. The minimum atomic E-state index is -4.84. The Morgan fingerprint density at radius 3 is 2.07 bits per heavy atom. The number of amides is 2. The number of nitrogens with one attached hydrogen (secondary N) is 2. The van der Waals surface area contributed by atoms with E-state index in [1.54, 1.807) is 31.2 Å². The summed E-state index contributed by atoms with van der Waals surface area (Å²) >= 11 is 0. The topological polar surface area (TPSA) is 222 Å². The third-order valence-electron chi connectivity index (χ3n) is 5.97. The van der Waals surface area contributed by atoms with Crippen LogP contribution in [0, 0.1) is 6.92 Å². The van der Waals surface area contributed by atoms with Gasteiger partial charge in [0, 0.05) is 12.1 Å². The number of alkyl halides is 3. The van der Waals surface area contributed by atoms with E-state index in [9.17, 15) is 49.5 Å². The SMILES string of the molecule is Cc1ccc(-c2cc(C(F)(F)F)nn2-c2ccc(S(=O)(=O)NC(=O)C(O)(CC(=O)O)CC(=O)NCCS(=O)(=O)O)cc2)cc1. The molecule has 14 nitrogen and oxygen atoms in total. The second-order valence-corrected chi connectivity index (χ2v) is 12.8. The predicted octanol–water partition coefficient (Wildman–Crippen LogP) is 1.27. The van der Waals surface area contributed by atoms with Crippen LogP contribution >= 0.6 is 0 Å². The summed E-state index contributed by atoms with van der Waals surface area (Å²) in [6.45, 7) is 1.12. The van der Waals surface area contributed by atoms with E-state index in [1.165, 1.54) is 4.72 Å². The van der Waals surface area contributed by atoms with Crippen LogP contribution in [0.3, 0.4) is 0 Å². The minimum absolute atomic E-state index is 0.00491. The largest absolute Gasteiger partial charge is 0.481 e. The van der Waals surface area contributed by atoms with E-state index < -0.39 is 85.4 Å². The average molecular weight is 663 g/mol. The number of aromatic nitrogens is 2. The van der Waals surface area contributed by atoms with Crippen molar-refractivity contribution in [3.8, 4) is 16.9 Å². The summed E-state index contributed by atoms with van der Waals surface area (Å²) in [7, 11) is -9.32. The second-order valence-electron chi connectivity index (χ2n) is 9.53. The summed E-state index contributed by atoms with van der Waals surface area (Å²) < 4.78 is 98.9. The predicted molar refractivity (Wildman–Crippen MR) is 145 cm³/mol. The standard InChI is InChI=1S/C25H25F3N4O10S2/c1-15-2-4-16(5-3-15)19-12-20(25(26,27)28)30-32(19)17-6-8-18(9-7-17)44(41,42)31-23(36)24(37,14-22(34)35)13-21(33)29-10-11-43(38,39)40/h2-9,12,37H,10-11,13-14H2,1H3,(H,29,33)(H,31,36)(H,34,35)(H,38,39,40). The van der Waals surface area contributed by atoms with Crippen molar-refractivity contribution in [1.29, 1.82) is 0 Å². The van der Waals surface area contributed by atoms with Crippen LogP contribution in [0.25, 0.3) is 16.9 Å². The van der Waals surface area contributed by atoms with E-state index in [4.69, 9.17) is 9.66 Å². The summed E-state index contributed by atoms with van der Waals surface area (Å²) in [4.78, 5) is 35.5. The number of sulfonamides is 1. The zero-order valence-corrected chi connectivity index (χ0v) is 24.2. The van der Waals surface area contributed by atoms with Crippen molar-refractivity contribution in [2.75, 3.05) is 12.3 Å². The third kappa shape index (κ3) is 8.85. The van der Waals surface area contributed by atoms with Gasteiger partial charge in [0.05, 0.1) is 34.9 Å². The Hall–Kier alpha value is -4.33. The first-order chi connectivity index (χ1) is 20.2. The van der Waals surface area contributed by atoms with E-state index in [-0.39, 0.29) is 11.4 Å². The number of halogens is 3. The molecule has 238 valence electrons. The van der Waals surface area contributed by atoms with Gasteiger partial charge in [-0.05, 0) is 37.3 Å². The molecule has 2 aromatic carbocycles. The number of benzene rings is 2. The summed E-state index contributed by atoms with van der Waals surface area (Å²) in [6.07, 6.45) is -7.52. The normalized spacial score (nSPS) is 13.6. The quantitative estimate of drug-likeness (QED) is 0.174. The van der Waals surface area contributed by atoms with E-state index in [2.05, 4.69) is 5.10 Å². The lowest BCUT2D eigenvalue weighted by Gasteiger charge is -2.24. The number of hydrogen-bond donors (Lipinski definition) is 5. The lowest BCUT2D eigenvalue weighted by Crippen LogP contribution is -2.52. The first-order valence-corrected chi connectivity index (χ1v) is 15.4. The second kappa shape index (κ2) is 12.7. The number of carbonyl (C=O) groups excluding carboxylic acids is 2. The minimum Gasteiger partial charge on any atom is -0.481 e. The Kier molecular flexibility index (Phi) is 9.88. The van der Waals surface area contributed by atoms with Crippen molar-refractivity contribution in [1.82, 2.24) is 19.8 Å². The summed E-state index contributed by atoms with van der Waals surface area (Å²) in [5.41, 5.74) is -3.06. The summed E-state index contributed by atoms with van der Waals surface area (Å²) in [5.74, 6) is -5.78. The number of carbonyl (C=O) groups is 3. The smallest absolute Gasteiger partial charge is 0.435 e. The van der Waals surface area contributed by atoms with Crippen molar-refractivity contribution in [3.63, 3.8) is 0 Å². The Morgan fingerprint density at radius 1 is 0.955 bits per heavy atom. The number of carboxylic acids is 1. The lowest BCUT2D eigenvalue weighted by atomic mass is 9.94. The van der Waals surface area contributed by atoms with Crippen LogP contribution in [0.5, 0.6) is 0 Å². The van der Waals surface area contributed by atoms with Gasteiger partial charge < -0.3 is 15.5 Å². The van der Waals surface area contributed by atoms with Gasteiger partial charge >= 0.3 is 12.1 Å². The lowest BCUT2D eigenvalue weighted by molar-refractivity contribution is -0.154. The number of hydrogen-bond acceptors (Lipinski definition) is 9. The zero-order valence-electron chi connectivity index (χ0n) is 22.6. The number of rotatable bonds is 12. The average Bonchev–Trinajstić information content (AvgIpc) is 3.34. The maximum atomic E-state index is 13.5. The highest BCUT2D eigenvalue weighted by molar-refractivity contribution is 7.90. The molecule has 19 heteroatoms. The number of carboxylic acid groups (broad SMARTS) is 1. The molecule has 44 heavy (non-hydrogen) atoms. The molecular weight excluding hydrogens is 637 g/mol. The zero-order chi connectivity index (χ0) is 33.1. The van der Waals surface area contributed by atoms with Gasteiger partial charge in [0.2, 0.25) is 5.91 Å². The van der Waals surface area contributed by atoms with Crippen LogP contribution in [-0.4, -0.2) is 77.1 Å². The maximum absolute atomic E-state index is 13.5. The van der Waals surface area contributed by atoms with Crippen molar-refractivity contribution in [2.45, 2.75) is 36.4 Å². The van der Waals surface area contributed by atoms with Gasteiger partial charge in [0.15, 0.2) is 11.3 Å². The number of aryl methyl sites for hydroxylation is 1. The Morgan fingerprint density at radius 2 is 1.55 bits per heavy atom. The molecule has 1 aromatic heterocycles. The van der Waals surface area contributed by atoms with Gasteiger partial charge in [-0.25, -0.2) is 17.8 Å². The highest BCUT2D eigenvalue weighted by Gasteiger charge is 2.42. The van der Waals surface area contributed by atoms with Crippen molar-refractivity contribution < 1.29 is 59.2 Å². The first kappa shape index (κ1) is 34.2. The van der Waals surface area contributed by atoms with Crippen molar-refractivity contribution >= 4 is 37.9 Å². The molecule has 0 spiro atoms. The molecule has 0 saturated carbocycles. The monoisotopic (exact) mass is 662 g/mol. The maximum Gasteiger partial charge on any atom is 0.435 e. The molecule has 0 saturated heterocycles. The molecule has 0 fully saturated rings. The van der Waals surface area contributed by atoms with Crippen LogP contribution in [0.15, 0.2) is 59.5 Å². The fraction of sp³-hybridized carbons (Fsp3) is 0.280. The summed E-state index contributed by atoms with van der Waals surface area (Å²) in [6, 6.07) is 11.3. The van der Waals surface area contributed by atoms with Crippen LogP contribution in [0.4, 0.5) is 13.2 Å². The molecular formula is C25H25F3N4O10S2. The molecule has 0 bridgehead atoms. The molecule has 0 aliphatic carbocycles. The Labute approximate surface area is 248 Å². The third-order valence-corrected chi connectivity index (χ3v) is 8.03. The highest BCUT2D eigenvalue weighted by Crippen LogP contribution is 2.33. The molecule has 1 unspecified atom stereocenters. The van der Waals surface area contributed by atoms with Crippen LogP contribution in [-0.2, 0) is 40.7 Å². The van der Waals surface area contributed by atoms with Gasteiger partial charge in [-0.15, -0.1) is 0 Å². The number of nitrogens with zero attached hydrogens (tertiary/aromatic N) is 2. The van der Waals surface area contributed by atoms with Gasteiger partial charge in [-0.2, -0.15) is 26.7 Å². The van der Waals surface area contributed by atoms with Gasteiger partial charge in [-0.1, -0.05) is 29.8 Å². The molecule has 0 aliphatic rings. The number of aliphatic hydroxyl groups is 1. The van der Waals surface area contributed by atoms with E-state index in [0.29, 0.717) is 5.56 Å². The van der Waals surface area contributed by atoms with Crippen LogP contribution in [0.2, 0.25) is 0 Å². The van der Waals surface area contributed by atoms with Crippen molar-refractivity contribution in [2.24, 2.45) is 0 Å². The Bertz CT molecular complexity index is 1770. The van der Waals surface area contributed by atoms with E-state index in [1.807, 2.05) is 5.32 Å². The van der Waals surface area contributed by atoms with Gasteiger partial charge in [0.1, 0.15) is 0 Å². The molecule has 0 aliphatic heterocycles. The van der Waals surface area contributed by atoms with E-state index >= 15 is 0 Å². The van der Waals surface area contributed by atoms with Gasteiger partial charge in [0.25, 0.3) is 26.0 Å². The van der Waals surface area contributed by atoms with E-state index in [0.717, 1.165) is 40.6 Å². The molecule has 3 rings (SSSR count). The molecule has 1 atom stereocenters. The molecule has 1 heterocycles. The highest BCUT2D eigenvalue weighted by atomic mass is 32.2. The van der Waals surface area contributed by atoms with Crippen LogP contribution in [0.1, 0.15) is 24.1 Å². The van der Waals surface area contributed by atoms with Crippen LogP contribution < -0.4 is 10.0 Å². The molecule has 2 amide bonds. The van der Waals surface area contributed by atoms with Gasteiger partial charge in [-0.3, -0.25) is 18.9 Å². The molecule has 5 N–H and O–H groups in total. The van der Waals surface area contributed by atoms with Crippen molar-refractivity contribution in [3.05, 3.63) is 65.9 Å². The number of aliphatic carboxylic acids is 1. The first-order valence-electron chi connectivity index (χ1n) is 12.3. The fourth-order valence-electron chi connectivity index (χ4n) is 3.81. The molecule has 3 aromatic rings. The fourth-order valence-corrected chi connectivity index (χ4v) is 5.22.